The first kappa shape index (κ1) is 17.2. The van der Waals surface area contributed by atoms with Crippen LogP contribution >= 0.6 is 0 Å². The molecule has 0 spiro atoms. The minimum absolute atomic E-state index is 0.0590. The van der Waals surface area contributed by atoms with E-state index in [0.717, 1.165) is 44.1 Å². The Morgan fingerprint density at radius 1 is 1.11 bits per heavy atom. The molecular formula is C24H28O3. The smallest absolute Gasteiger partial charge is 0.156 e. The first-order chi connectivity index (χ1) is 13.0. The fourth-order valence-electron chi connectivity index (χ4n) is 6.67. The van der Waals surface area contributed by atoms with E-state index in [0.29, 0.717) is 24.0 Å². The molecule has 4 aliphatic rings. The van der Waals surface area contributed by atoms with Crippen molar-refractivity contribution in [1.29, 1.82) is 0 Å². The topological polar surface area (TPSA) is 57.5 Å². The first-order valence-electron chi connectivity index (χ1n) is 10.4. The fraction of sp³-hybridized carbons (Fsp3) is 0.542. The van der Waals surface area contributed by atoms with Crippen molar-refractivity contribution in [3.8, 4) is 5.75 Å². The summed E-state index contributed by atoms with van der Waals surface area (Å²) in [6.07, 6.45) is 8.13. The van der Waals surface area contributed by atoms with Gasteiger partial charge < -0.3 is 10.2 Å². The van der Waals surface area contributed by atoms with E-state index in [-0.39, 0.29) is 23.2 Å². The second-order valence-electron chi connectivity index (χ2n) is 9.27. The molecule has 0 amide bonds. The molecule has 0 aliphatic heterocycles. The van der Waals surface area contributed by atoms with Crippen LogP contribution in [0.25, 0.3) is 0 Å². The number of aromatic hydroxyl groups is 1. The number of hydrogen-bond donors (Lipinski definition) is 2. The van der Waals surface area contributed by atoms with Crippen LogP contribution in [-0.4, -0.2) is 22.1 Å². The molecule has 5 atom stereocenters. The zero-order chi connectivity index (χ0) is 18.8. The number of aliphatic hydroxyl groups is 1. The van der Waals surface area contributed by atoms with Crippen molar-refractivity contribution in [3.05, 3.63) is 52.6 Å². The van der Waals surface area contributed by atoms with Gasteiger partial charge in [0, 0.05) is 12.3 Å². The standard InChI is InChI=1S/C24H28O3/c1-24-13-20(14-3-2-4-16(25)11-14)23-18-8-6-17(26)12-15(18)5-7-19(23)21(24)9-10-22(24)27/h2-4,11-12,19-22,25,27H,5-10,13H2,1H3/t19-,20+,21-,22-,24-/m0/s1. The lowest BCUT2D eigenvalue weighted by atomic mass is 9.53. The Morgan fingerprint density at radius 2 is 1.96 bits per heavy atom. The Labute approximate surface area is 160 Å². The number of hydrogen-bond acceptors (Lipinski definition) is 3. The summed E-state index contributed by atoms with van der Waals surface area (Å²) in [7, 11) is 0. The molecule has 0 saturated heterocycles. The lowest BCUT2D eigenvalue weighted by Crippen LogP contribution is -2.45. The summed E-state index contributed by atoms with van der Waals surface area (Å²) in [5, 5.41) is 20.9. The number of ketones is 1. The van der Waals surface area contributed by atoms with Crippen LogP contribution in [0.1, 0.15) is 63.4 Å². The Kier molecular flexibility index (Phi) is 3.87. The zero-order valence-electron chi connectivity index (χ0n) is 15.9. The monoisotopic (exact) mass is 364 g/mol. The molecule has 0 aromatic heterocycles. The number of phenols is 1. The molecular weight excluding hydrogens is 336 g/mol. The SMILES string of the molecule is C[C@]12C[C@H](c3cccc(O)c3)C3=C4CCC(=O)C=C4CC[C@H]3[C@@H]1CC[C@@H]2O. The lowest BCUT2D eigenvalue weighted by Gasteiger charge is -2.52. The molecule has 2 saturated carbocycles. The second kappa shape index (κ2) is 6.07. The van der Waals surface area contributed by atoms with Crippen LogP contribution in [0.4, 0.5) is 0 Å². The lowest BCUT2D eigenvalue weighted by molar-refractivity contribution is -0.114. The molecule has 3 heteroatoms. The third-order valence-corrected chi connectivity index (χ3v) is 7.95. The molecule has 2 fully saturated rings. The maximum Gasteiger partial charge on any atom is 0.156 e. The summed E-state index contributed by atoms with van der Waals surface area (Å²) < 4.78 is 0. The molecule has 5 rings (SSSR count). The highest BCUT2D eigenvalue weighted by atomic mass is 16.3. The number of carbonyl (C=O) groups excluding carboxylic acids is 1. The Hall–Kier alpha value is -1.87. The van der Waals surface area contributed by atoms with E-state index >= 15 is 0 Å². The van der Waals surface area contributed by atoms with E-state index in [2.05, 4.69) is 13.0 Å². The predicted octanol–water partition coefficient (Wildman–Crippen LogP) is 4.65. The van der Waals surface area contributed by atoms with Gasteiger partial charge in [0.15, 0.2) is 5.78 Å². The van der Waals surface area contributed by atoms with Gasteiger partial charge in [-0.3, -0.25) is 4.79 Å². The van der Waals surface area contributed by atoms with Crippen molar-refractivity contribution in [2.75, 3.05) is 0 Å². The molecule has 4 aliphatic carbocycles. The van der Waals surface area contributed by atoms with Gasteiger partial charge in [-0.2, -0.15) is 0 Å². The van der Waals surface area contributed by atoms with Crippen LogP contribution in [0.5, 0.6) is 5.75 Å². The molecule has 0 heterocycles. The maximum atomic E-state index is 12.0. The number of carbonyl (C=O) groups is 1. The Morgan fingerprint density at radius 3 is 2.78 bits per heavy atom. The number of rotatable bonds is 1. The van der Waals surface area contributed by atoms with E-state index in [1.807, 2.05) is 18.2 Å². The quantitative estimate of drug-likeness (QED) is 0.762. The van der Waals surface area contributed by atoms with Gasteiger partial charge in [-0.15, -0.1) is 0 Å². The third-order valence-electron chi connectivity index (χ3n) is 7.95. The van der Waals surface area contributed by atoms with Crippen LogP contribution in [-0.2, 0) is 4.79 Å². The van der Waals surface area contributed by atoms with E-state index < -0.39 is 0 Å². The van der Waals surface area contributed by atoms with Gasteiger partial charge in [0.05, 0.1) is 6.10 Å². The van der Waals surface area contributed by atoms with E-state index in [1.165, 1.54) is 16.7 Å². The van der Waals surface area contributed by atoms with E-state index in [9.17, 15) is 15.0 Å². The van der Waals surface area contributed by atoms with Gasteiger partial charge in [-0.05, 0) is 90.7 Å². The number of aliphatic hydroxyl groups excluding tert-OH is 1. The molecule has 0 bridgehead atoms. The maximum absolute atomic E-state index is 12.0. The summed E-state index contributed by atoms with van der Waals surface area (Å²) in [5.41, 5.74) is 5.28. The first-order valence-corrected chi connectivity index (χ1v) is 10.4. The largest absolute Gasteiger partial charge is 0.508 e. The average Bonchev–Trinajstić information content (AvgIpc) is 2.95. The van der Waals surface area contributed by atoms with Crippen LogP contribution in [0.3, 0.4) is 0 Å². The molecule has 142 valence electrons. The summed E-state index contributed by atoms with van der Waals surface area (Å²) in [5.74, 6) is 1.82. The fourth-order valence-corrected chi connectivity index (χ4v) is 6.67. The van der Waals surface area contributed by atoms with Gasteiger partial charge in [-0.25, -0.2) is 0 Å². The molecule has 1 aromatic carbocycles. The summed E-state index contributed by atoms with van der Waals surface area (Å²) >= 11 is 0. The molecule has 0 radical (unpaired) electrons. The van der Waals surface area contributed by atoms with Crippen molar-refractivity contribution in [2.45, 2.75) is 63.9 Å². The molecule has 2 N–H and O–H groups in total. The van der Waals surface area contributed by atoms with Gasteiger partial charge in [0.2, 0.25) is 0 Å². The molecule has 0 unspecified atom stereocenters. The van der Waals surface area contributed by atoms with Gasteiger partial charge in [-0.1, -0.05) is 24.6 Å². The molecule has 1 aromatic rings. The summed E-state index contributed by atoms with van der Waals surface area (Å²) in [6.45, 7) is 2.28. The predicted molar refractivity (Wildman–Crippen MR) is 104 cm³/mol. The molecule has 27 heavy (non-hydrogen) atoms. The highest BCUT2D eigenvalue weighted by Crippen LogP contribution is 2.63. The Bertz CT molecular complexity index is 864. The van der Waals surface area contributed by atoms with Crippen molar-refractivity contribution in [3.63, 3.8) is 0 Å². The van der Waals surface area contributed by atoms with Crippen molar-refractivity contribution < 1.29 is 15.0 Å². The van der Waals surface area contributed by atoms with Gasteiger partial charge in [0.1, 0.15) is 5.75 Å². The minimum Gasteiger partial charge on any atom is -0.508 e. The highest BCUT2D eigenvalue weighted by molar-refractivity contribution is 5.93. The zero-order valence-corrected chi connectivity index (χ0v) is 15.9. The number of fused-ring (bicyclic) bond motifs is 4. The van der Waals surface area contributed by atoms with Gasteiger partial charge >= 0.3 is 0 Å². The van der Waals surface area contributed by atoms with Crippen LogP contribution in [0.15, 0.2) is 47.1 Å². The third kappa shape index (κ3) is 2.55. The van der Waals surface area contributed by atoms with Crippen LogP contribution < -0.4 is 0 Å². The Balaban J connectivity index is 1.69. The van der Waals surface area contributed by atoms with Crippen molar-refractivity contribution in [1.82, 2.24) is 0 Å². The van der Waals surface area contributed by atoms with Crippen LogP contribution in [0.2, 0.25) is 0 Å². The van der Waals surface area contributed by atoms with Crippen molar-refractivity contribution in [2.24, 2.45) is 17.3 Å². The summed E-state index contributed by atoms with van der Waals surface area (Å²) in [4.78, 5) is 12.0. The number of allylic oxidation sites excluding steroid dienone is 4. The number of phenolic OH excluding ortho intramolecular Hbond substituents is 1. The molecule has 3 nitrogen and oxygen atoms in total. The average molecular weight is 364 g/mol. The summed E-state index contributed by atoms with van der Waals surface area (Å²) in [6, 6.07) is 7.66. The highest BCUT2D eigenvalue weighted by Gasteiger charge is 2.56. The van der Waals surface area contributed by atoms with Gasteiger partial charge in [0.25, 0.3) is 0 Å². The normalized spacial score (nSPS) is 38.1. The van der Waals surface area contributed by atoms with E-state index in [1.54, 1.807) is 6.07 Å². The number of benzene rings is 1. The minimum atomic E-state index is -0.237. The second-order valence-corrected chi connectivity index (χ2v) is 9.27. The van der Waals surface area contributed by atoms with E-state index in [4.69, 9.17) is 0 Å². The van der Waals surface area contributed by atoms with Crippen molar-refractivity contribution >= 4 is 5.78 Å². The van der Waals surface area contributed by atoms with Crippen LogP contribution in [0, 0.1) is 17.3 Å².